The summed E-state index contributed by atoms with van der Waals surface area (Å²) in [7, 11) is 0. The molecule has 0 spiro atoms. The van der Waals surface area contributed by atoms with Crippen LogP contribution in [0.1, 0.15) is 34.8 Å². The Morgan fingerprint density at radius 1 is 1.16 bits per heavy atom. The molecule has 0 aliphatic rings. The molecule has 1 aromatic carbocycles. The van der Waals surface area contributed by atoms with Gasteiger partial charge in [0.15, 0.2) is 5.76 Å². The average Bonchev–Trinajstić information content (AvgIpc) is 3.31. The molecular weight excluding hydrogens is 420 g/mol. The van der Waals surface area contributed by atoms with Gasteiger partial charge < -0.3 is 14.5 Å². The number of benzene rings is 1. The number of esters is 1. The minimum absolute atomic E-state index is 0.0135. The van der Waals surface area contributed by atoms with Crippen LogP contribution in [0, 0.1) is 16.0 Å². The third-order valence-electron chi connectivity index (χ3n) is 3.98. The Morgan fingerprint density at radius 2 is 1.88 bits per heavy atom. The van der Waals surface area contributed by atoms with Crippen LogP contribution in [0.25, 0.3) is 0 Å². The van der Waals surface area contributed by atoms with E-state index in [0.717, 1.165) is 6.33 Å². The van der Waals surface area contributed by atoms with Crippen molar-refractivity contribution in [2.45, 2.75) is 13.8 Å². The van der Waals surface area contributed by atoms with Crippen molar-refractivity contribution in [3.05, 3.63) is 70.4 Å². The van der Waals surface area contributed by atoms with Crippen LogP contribution in [0.2, 0.25) is 0 Å². The number of nitro groups is 1. The highest BCUT2D eigenvalue weighted by Gasteiger charge is 2.24. The maximum atomic E-state index is 12.0. The Balaban J connectivity index is 1.73. The molecule has 0 unspecified atom stereocenters. The monoisotopic (exact) mass is 440 g/mol. The quantitative estimate of drug-likeness (QED) is 0.256. The van der Waals surface area contributed by atoms with Gasteiger partial charge in [-0.1, -0.05) is 13.8 Å². The van der Waals surface area contributed by atoms with Gasteiger partial charge in [-0.2, -0.15) is 0 Å². The summed E-state index contributed by atoms with van der Waals surface area (Å²) in [6.45, 7) is 4.17. The second-order valence-electron chi connectivity index (χ2n) is 6.93. The molecule has 0 aliphatic carbocycles. The van der Waals surface area contributed by atoms with Crippen LogP contribution >= 0.6 is 0 Å². The van der Waals surface area contributed by atoms with Crippen LogP contribution in [0.5, 0.6) is 0 Å². The van der Waals surface area contributed by atoms with Crippen LogP contribution in [0.3, 0.4) is 0 Å². The van der Waals surface area contributed by atoms with Crippen LogP contribution in [0.4, 0.5) is 23.0 Å². The van der Waals surface area contributed by atoms with Crippen molar-refractivity contribution in [3.8, 4) is 0 Å². The van der Waals surface area contributed by atoms with Gasteiger partial charge in [0, 0.05) is 5.69 Å². The summed E-state index contributed by atoms with van der Waals surface area (Å²) < 4.78 is 10.1. The summed E-state index contributed by atoms with van der Waals surface area (Å²) in [5.41, 5.74) is 4.97. The van der Waals surface area contributed by atoms with Gasteiger partial charge in [-0.3, -0.25) is 25.8 Å². The first-order chi connectivity index (χ1) is 15.3. The lowest BCUT2D eigenvalue weighted by molar-refractivity contribution is -0.383. The zero-order chi connectivity index (χ0) is 23.1. The highest BCUT2D eigenvalue weighted by molar-refractivity contribution is 5.92. The summed E-state index contributed by atoms with van der Waals surface area (Å²) in [6, 6.07) is 9.13. The summed E-state index contributed by atoms with van der Waals surface area (Å²) in [6.07, 6.45) is 2.41. The van der Waals surface area contributed by atoms with Crippen LogP contribution in [-0.2, 0) is 4.74 Å². The van der Waals surface area contributed by atoms with Crippen molar-refractivity contribution in [1.82, 2.24) is 15.4 Å². The first kappa shape index (κ1) is 22.2. The van der Waals surface area contributed by atoms with Crippen molar-refractivity contribution in [2.24, 2.45) is 5.92 Å². The molecule has 2 aromatic heterocycles. The number of rotatable bonds is 9. The Labute approximate surface area is 182 Å². The van der Waals surface area contributed by atoms with E-state index in [9.17, 15) is 19.7 Å². The van der Waals surface area contributed by atoms with E-state index < -0.39 is 22.5 Å². The van der Waals surface area contributed by atoms with Crippen molar-refractivity contribution < 1.29 is 23.7 Å². The topological polar surface area (TPSA) is 162 Å². The molecule has 3 rings (SSSR count). The van der Waals surface area contributed by atoms with Gasteiger partial charge >= 0.3 is 17.6 Å². The van der Waals surface area contributed by atoms with Crippen LogP contribution < -0.4 is 16.2 Å². The largest absolute Gasteiger partial charge is 0.462 e. The molecule has 0 atom stereocenters. The van der Waals surface area contributed by atoms with Crippen molar-refractivity contribution in [1.29, 1.82) is 0 Å². The predicted octanol–water partition coefficient (Wildman–Crippen LogP) is 3.29. The third kappa shape index (κ3) is 5.56. The molecule has 32 heavy (non-hydrogen) atoms. The lowest BCUT2D eigenvalue weighted by atomic mass is 10.2. The lowest BCUT2D eigenvalue weighted by Crippen LogP contribution is -2.30. The van der Waals surface area contributed by atoms with E-state index in [-0.39, 0.29) is 23.3 Å². The van der Waals surface area contributed by atoms with Crippen molar-refractivity contribution >= 4 is 34.9 Å². The van der Waals surface area contributed by atoms with E-state index >= 15 is 0 Å². The van der Waals surface area contributed by atoms with Crippen LogP contribution in [-0.4, -0.2) is 33.4 Å². The fourth-order valence-corrected chi connectivity index (χ4v) is 2.47. The number of hydrogen-bond acceptors (Lipinski definition) is 10. The number of hydrazine groups is 1. The molecule has 0 aliphatic heterocycles. The second-order valence-corrected chi connectivity index (χ2v) is 6.93. The van der Waals surface area contributed by atoms with Gasteiger partial charge in [0.1, 0.15) is 6.33 Å². The van der Waals surface area contributed by atoms with E-state index in [2.05, 4.69) is 26.1 Å². The highest BCUT2D eigenvalue weighted by atomic mass is 16.6. The number of carbonyl (C=O) groups excluding carboxylic acids is 2. The number of furan rings is 1. The predicted molar refractivity (Wildman–Crippen MR) is 113 cm³/mol. The Bertz CT molecular complexity index is 1100. The number of amides is 1. The summed E-state index contributed by atoms with van der Waals surface area (Å²) in [5.74, 6) is -1.23. The fourth-order valence-electron chi connectivity index (χ4n) is 2.47. The standard InChI is InChI=1S/C20H20N6O6/c1-12(2)10-32-20(28)13-5-7-14(8-6-13)23-17-16(26(29)30)18(22-11-21-17)24-25-19(27)15-4-3-9-31-15/h3-9,11-12H,10H2,1-2H3,(H,25,27)(H2,21,22,23,24). The van der Waals surface area contributed by atoms with Crippen molar-refractivity contribution in [2.75, 3.05) is 17.3 Å². The molecule has 0 saturated carbocycles. The smallest absolute Gasteiger partial charge is 0.355 e. The average molecular weight is 440 g/mol. The molecule has 0 fully saturated rings. The normalized spacial score (nSPS) is 10.5. The number of hydrogen-bond donors (Lipinski definition) is 3. The van der Waals surface area contributed by atoms with E-state index in [0.29, 0.717) is 17.9 Å². The Morgan fingerprint density at radius 3 is 2.50 bits per heavy atom. The van der Waals surface area contributed by atoms with E-state index in [4.69, 9.17) is 9.15 Å². The number of nitrogens with one attached hydrogen (secondary N) is 3. The zero-order valence-corrected chi connectivity index (χ0v) is 17.2. The lowest BCUT2D eigenvalue weighted by Gasteiger charge is -2.11. The minimum Gasteiger partial charge on any atom is -0.462 e. The zero-order valence-electron chi connectivity index (χ0n) is 17.2. The van der Waals surface area contributed by atoms with Gasteiger partial charge in [0.05, 0.1) is 23.4 Å². The molecule has 2 heterocycles. The van der Waals surface area contributed by atoms with Gasteiger partial charge in [-0.05, 0) is 42.3 Å². The van der Waals surface area contributed by atoms with E-state index in [1.54, 1.807) is 12.1 Å². The Hall–Kier alpha value is -4.48. The van der Waals surface area contributed by atoms with E-state index in [1.807, 2.05) is 13.8 Å². The molecule has 3 aromatic rings. The molecule has 166 valence electrons. The van der Waals surface area contributed by atoms with Crippen molar-refractivity contribution in [3.63, 3.8) is 0 Å². The number of ether oxygens (including phenoxy) is 1. The molecule has 1 amide bonds. The molecule has 0 bridgehead atoms. The van der Waals surface area contributed by atoms with Gasteiger partial charge in [0.2, 0.25) is 11.6 Å². The number of anilines is 3. The molecule has 3 N–H and O–H groups in total. The maximum absolute atomic E-state index is 12.0. The van der Waals surface area contributed by atoms with Crippen LogP contribution in [0.15, 0.2) is 53.4 Å². The molecular formula is C20H20N6O6. The number of carbonyl (C=O) groups is 2. The molecule has 12 nitrogen and oxygen atoms in total. The second kappa shape index (κ2) is 10.0. The third-order valence-corrected chi connectivity index (χ3v) is 3.98. The first-order valence-electron chi connectivity index (χ1n) is 9.48. The maximum Gasteiger partial charge on any atom is 0.355 e. The number of aromatic nitrogens is 2. The minimum atomic E-state index is -0.693. The summed E-state index contributed by atoms with van der Waals surface area (Å²) in [4.78, 5) is 42.7. The summed E-state index contributed by atoms with van der Waals surface area (Å²) in [5, 5.41) is 14.4. The number of nitrogens with zero attached hydrogens (tertiary/aromatic N) is 3. The fraction of sp³-hybridized carbons (Fsp3) is 0.200. The molecule has 0 saturated heterocycles. The SMILES string of the molecule is CC(C)COC(=O)c1ccc(Nc2ncnc(NNC(=O)c3ccco3)c2[N+](=O)[O-])cc1. The van der Waals surface area contributed by atoms with Gasteiger partial charge in [-0.25, -0.2) is 14.8 Å². The molecule has 12 heteroatoms. The van der Waals surface area contributed by atoms with Gasteiger partial charge in [-0.15, -0.1) is 0 Å². The highest BCUT2D eigenvalue weighted by Crippen LogP contribution is 2.30. The summed E-state index contributed by atoms with van der Waals surface area (Å²) >= 11 is 0. The molecule has 0 radical (unpaired) electrons. The van der Waals surface area contributed by atoms with E-state index in [1.165, 1.54) is 30.5 Å². The first-order valence-corrected chi connectivity index (χ1v) is 9.48. The Kier molecular flexibility index (Phi) is 6.95. The van der Waals surface area contributed by atoms with Gasteiger partial charge in [0.25, 0.3) is 0 Å².